The van der Waals surface area contributed by atoms with Crippen LogP contribution < -0.4 is 5.73 Å². The van der Waals surface area contributed by atoms with Crippen LogP contribution in [-0.2, 0) is 4.79 Å². The Labute approximate surface area is 112 Å². The number of carbonyl (C=O) groups excluding carboxylic acids is 1. The number of hydrogen-bond acceptors (Lipinski definition) is 2. The zero-order valence-electron chi connectivity index (χ0n) is 12.3. The molecule has 106 valence electrons. The first-order chi connectivity index (χ1) is 8.56. The third-order valence-electron chi connectivity index (χ3n) is 4.32. The van der Waals surface area contributed by atoms with Gasteiger partial charge in [0.05, 0.1) is 0 Å². The molecule has 0 spiro atoms. The van der Waals surface area contributed by atoms with Crippen molar-refractivity contribution in [1.82, 2.24) is 4.90 Å². The van der Waals surface area contributed by atoms with Crippen molar-refractivity contribution >= 4 is 5.91 Å². The number of rotatable bonds is 6. The van der Waals surface area contributed by atoms with E-state index >= 15 is 0 Å². The first kappa shape index (κ1) is 15.5. The number of amides is 1. The lowest BCUT2D eigenvalue weighted by Crippen LogP contribution is -2.36. The van der Waals surface area contributed by atoms with Gasteiger partial charge in [-0.3, -0.25) is 4.79 Å². The first-order valence-corrected chi connectivity index (χ1v) is 7.60. The van der Waals surface area contributed by atoms with E-state index in [1.165, 1.54) is 0 Å². The lowest BCUT2D eigenvalue weighted by Gasteiger charge is -2.29. The van der Waals surface area contributed by atoms with Crippen LogP contribution in [0.3, 0.4) is 0 Å². The molecular formula is C15H30N2O. The van der Waals surface area contributed by atoms with Crippen LogP contribution in [0.4, 0.5) is 0 Å². The monoisotopic (exact) mass is 254 g/mol. The molecule has 18 heavy (non-hydrogen) atoms. The van der Waals surface area contributed by atoms with Crippen molar-refractivity contribution in [1.29, 1.82) is 0 Å². The Hall–Kier alpha value is -0.570. The molecule has 1 unspecified atom stereocenters. The van der Waals surface area contributed by atoms with E-state index < -0.39 is 0 Å². The van der Waals surface area contributed by atoms with E-state index in [1.807, 2.05) is 4.90 Å². The van der Waals surface area contributed by atoms with E-state index in [1.54, 1.807) is 0 Å². The molecule has 1 rings (SSSR count). The molecule has 0 aromatic heterocycles. The summed E-state index contributed by atoms with van der Waals surface area (Å²) in [6.07, 6.45) is 6.32. The number of carbonyl (C=O) groups is 1. The Morgan fingerprint density at radius 2 is 1.89 bits per heavy atom. The van der Waals surface area contributed by atoms with Gasteiger partial charge in [0, 0.05) is 25.6 Å². The SMILES string of the molecule is CCC(C)CN(CC)C(=O)CC1CCC(N)CC1. The van der Waals surface area contributed by atoms with Gasteiger partial charge in [-0.15, -0.1) is 0 Å². The van der Waals surface area contributed by atoms with Crippen LogP contribution in [0, 0.1) is 11.8 Å². The fraction of sp³-hybridized carbons (Fsp3) is 0.933. The molecular weight excluding hydrogens is 224 g/mol. The fourth-order valence-corrected chi connectivity index (χ4v) is 2.68. The van der Waals surface area contributed by atoms with Crippen LogP contribution in [0.2, 0.25) is 0 Å². The highest BCUT2D eigenvalue weighted by molar-refractivity contribution is 5.76. The maximum absolute atomic E-state index is 12.3. The third kappa shape index (κ3) is 4.97. The largest absolute Gasteiger partial charge is 0.343 e. The van der Waals surface area contributed by atoms with Gasteiger partial charge >= 0.3 is 0 Å². The molecule has 0 saturated heterocycles. The van der Waals surface area contributed by atoms with Gasteiger partial charge in [0.15, 0.2) is 0 Å². The van der Waals surface area contributed by atoms with E-state index in [4.69, 9.17) is 5.73 Å². The number of nitrogens with zero attached hydrogens (tertiary/aromatic N) is 1. The first-order valence-electron chi connectivity index (χ1n) is 7.60. The van der Waals surface area contributed by atoms with Crippen LogP contribution >= 0.6 is 0 Å². The predicted molar refractivity (Wildman–Crippen MR) is 76.3 cm³/mol. The molecule has 0 aromatic rings. The van der Waals surface area contributed by atoms with Crippen molar-refractivity contribution in [2.24, 2.45) is 17.6 Å². The summed E-state index contributed by atoms with van der Waals surface area (Å²) >= 11 is 0. The minimum atomic E-state index is 0.346. The van der Waals surface area contributed by atoms with Gasteiger partial charge in [0.25, 0.3) is 0 Å². The van der Waals surface area contributed by atoms with E-state index in [2.05, 4.69) is 20.8 Å². The zero-order valence-corrected chi connectivity index (χ0v) is 12.3. The average Bonchev–Trinajstić information content (AvgIpc) is 2.38. The Balaban J connectivity index is 2.37. The molecule has 0 radical (unpaired) electrons. The second-order valence-electron chi connectivity index (χ2n) is 5.93. The molecule has 0 aromatic carbocycles. The minimum absolute atomic E-state index is 0.346. The van der Waals surface area contributed by atoms with E-state index in [0.29, 0.717) is 23.8 Å². The lowest BCUT2D eigenvalue weighted by atomic mass is 9.84. The Bertz CT molecular complexity index is 247. The normalized spacial score (nSPS) is 25.8. The standard InChI is InChI=1S/C15H30N2O/c1-4-12(3)11-17(5-2)15(18)10-13-6-8-14(16)9-7-13/h12-14H,4-11,16H2,1-3H3. The van der Waals surface area contributed by atoms with Gasteiger partial charge in [0.2, 0.25) is 5.91 Å². The highest BCUT2D eigenvalue weighted by Crippen LogP contribution is 2.26. The summed E-state index contributed by atoms with van der Waals surface area (Å²) in [4.78, 5) is 14.3. The van der Waals surface area contributed by atoms with E-state index in [9.17, 15) is 4.79 Å². The van der Waals surface area contributed by atoms with Crippen LogP contribution in [0.25, 0.3) is 0 Å². The second-order valence-corrected chi connectivity index (χ2v) is 5.93. The van der Waals surface area contributed by atoms with Crippen molar-refractivity contribution in [3.8, 4) is 0 Å². The van der Waals surface area contributed by atoms with Crippen LogP contribution in [0.1, 0.15) is 59.3 Å². The van der Waals surface area contributed by atoms with E-state index in [-0.39, 0.29) is 0 Å². The third-order valence-corrected chi connectivity index (χ3v) is 4.32. The lowest BCUT2D eigenvalue weighted by molar-refractivity contribution is -0.132. The molecule has 1 aliphatic carbocycles. The maximum atomic E-state index is 12.3. The number of hydrogen-bond donors (Lipinski definition) is 1. The van der Waals surface area contributed by atoms with Crippen molar-refractivity contribution in [2.75, 3.05) is 13.1 Å². The van der Waals surface area contributed by atoms with Crippen molar-refractivity contribution in [2.45, 2.75) is 65.3 Å². The highest BCUT2D eigenvalue weighted by atomic mass is 16.2. The van der Waals surface area contributed by atoms with Crippen molar-refractivity contribution in [3.63, 3.8) is 0 Å². The van der Waals surface area contributed by atoms with Gasteiger partial charge < -0.3 is 10.6 Å². The zero-order chi connectivity index (χ0) is 13.5. The molecule has 1 fully saturated rings. The number of nitrogens with two attached hydrogens (primary N) is 1. The quantitative estimate of drug-likeness (QED) is 0.792. The van der Waals surface area contributed by atoms with E-state index in [0.717, 1.165) is 51.6 Å². The molecule has 3 heteroatoms. The fourth-order valence-electron chi connectivity index (χ4n) is 2.68. The van der Waals surface area contributed by atoms with Crippen molar-refractivity contribution in [3.05, 3.63) is 0 Å². The summed E-state index contributed by atoms with van der Waals surface area (Å²) in [6, 6.07) is 0.374. The molecule has 1 amide bonds. The van der Waals surface area contributed by atoms with Gasteiger partial charge in [-0.2, -0.15) is 0 Å². The topological polar surface area (TPSA) is 46.3 Å². The van der Waals surface area contributed by atoms with Crippen LogP contribution in [0.5, 0.6) is 0 Å². The van der Waals surface area contributed by atoms with Crippen LogP contribution in [-0.4, -0.2) is 29.9 Å². The Morgan fingerprint density at radius 1 is 1.28 bits per heavy atom. The molecule has 2 N–H and O–H groups in total. The molecule has 0 heterocycles. The highest BCUT2D eigenvalue weighted by Gasteiger charge is 2.23. The summed E-state index contributed by atoms with van der Waals surface area (Å²) < 4.78 is 0. The molecule has 1 saturated carbocycles. The Kier molecular flexibility index (Phi) is 6.69. The summed E-state index contributed by atoms with van der Waals surface area (Å²) in [5.74, 6) is 1.52. The van der Waals surface area contributed by atoms with Gasteiger partial charge in [-0.05, 0) is 44.4 Å². The average molecular weight is 254 g/mol. The van der Waals surface area contributed by atoms with Gasteiger partial charge in [0.1, 0.15) is 0 Å². The molecule has 3 nitrogen and oxygen atoms in total. The van der Waals surface area contributed by atoms with Crippen LogP contribution in [0.15, 0.2) is 0 Å². The predicted octanol–water partition coefficient (Wildman–Crippen LogP) is 2.79. The summed E-state index contributed by atoms with van der Waals surface area (Å²) in [6.45, 7) is 8.24. The second kappa shape index (κ2) is 7.78. The molecule has 1 atom stereocenters. The Morgan fingerprint density at radius 3 is 2.39 bits per heavy atom. The summed E-state index contributed by atoms with van der Waals surface area (Å²) in [7, 11) is 0. The molecule has 1 aliphatic rings. The minimum Gasteiger partial charge on any atom is -0.343 e. The molecule has 0 aliphatic heterocycles. The van der Waals surface area contributed by atoms with Crippen molar-refractivity contribution < 1.29 is 4.79 Å². The molecule has 0 bridgehead atoms. The van der Waals surface area contributed by atoms with Gasteiger partial charge in [-0.25, -0.2) is 0 Å². The summed E-state index contributed by atoms with van der Waals surface area (Å²) in [5, 5.41) is 0. The van der Waals surface area contributed by atoms with Gasteiger partial charge in [-0.1, -0.05) is 20.3 Å². The maximum Gasteiger partial charge on any atom is 0.222 e. The summed E-state index contributed by atoms with van der Waals surface area (Å²) in [5.41, 5.74) is 5.90. The smallest absolute Gasteiger partial charge is 0.222 e.